The van der Waals surface area contributed by atoms with Crippen LogP contribution in [0, 0.1) is 12.7 Å². The normalized spacial score (nSPS) is 15.4. The smallest absolute Gasteiger partial charge is 0.410 e. The van der Waals surface area contributed by atoms with Gasteiger partial charge in [-0.3, -0.25) is 0 Å². The van der Waals surface area contributed by atoms with Crippen LogP contribution >= 0.6 is 0 Å². The van der Waals surface area contributed by atoms with E-state index in [1.165, 1.54) is 12.7 Å². The first-order valence-electron chi connectivity index (χ1n) is 13.1. The van der Waals surface area contributed by atoms with Crippen molar-refractivity contribution in [3.05, 3.63) is 60.7 Å². The maximum Gasteiger partial charge on any atom is 0.410 e. The topological polar surface area (TPSA) is 136 Å². The summed E-state index contributed by atoms with van der Waals surface area (Å²) >= 11 is 0. The van der Waals surface area contributed by atoms with Gasteiger partial charge in [-0.05, 0) is 39.0 Å². The van der Waals surface area contributed by atoms with E-state index < -0.39 is 5.82 Å². The third-order valence-electron chi connectivity index (χ3n) is 6.85. The molecule has 1 saturated heterocycles. The molecule has 0 radical (unpaired) electrons. The van der Waals surface area contributed by atoms with Gasteiger partial charge in [0.25, 0.3) is 0 Å². The van der Waals surface area contributed by atoms with Crippen LogP contribution < -0.4 is 15.0 Å². The highest BCUT2D eigenvalue weighted by atomic mass is 19.1. The minimum absolute atomic E-state index is 0.0946. The molecule has 14 heteroatoms. The van der Waals surface area contributed by atoms with Crippen LogP contribution in [-0.4, -0.2) is 77.8 Å². The summed E-state index contributed by atoms with van der Waals surface area (Å²) in [7, 11) is 0. The Labute approximate surface area is 234 Å². The standard InChI is InChI=1S/C27H27FN10O3/c1-4-40-27(39)37-10-9-36(13-16(37)2)26-29-12-20-24(35-26)25(32-14-30-20)34-19-5-6-21(17(3)23(19)28)41-18-7-8-38-22(11-18)31-15-33-38/h5-8,11-12,14-16H,4,9-10,13H2,1-3H3,(H,30,32,34)/t16-/m1/s1. The first-order valence-corrected chi connectivity index (χ1v) is 13.1. The number of halogens is 1. The third kappa shape index (κ3) is 5.11. The zero-order chi connectivity index (χ0) is 28.5. The zero-order valence-corrected chi connectivity index (χ0v) is 22.7. The number of hydrogen-bond acceptors (Lipinski definition) is 11. The molecule has 0 aliphatic carbocycles. The molecule has 0 saturated carbocycles. The van der Waals surface area contributed by atoms with Crippen LogP contribution in [0.1, 0.15) is 19.4 Å². The van der Waals surface area contributed by atoms with E-state index in [2.05, 4.69) is 30.4 Å². The van der Waals surface area contributed by atoms with Gasteiger partial charge in [0, 0.05) is 43.5 Å². The molecule has 0 spiro atoms. The molecule has 1 amide bonds. The highest BCUT2D eigenvalue weighted by Gasteiger charge is 2.29. The van der Waals surface area contributed by atoms with Crippen LogP contribution in [0.15, 0.2) is 49.3 Å². The molecule has 1 fully saturated rings. The number of fused-ring (bicyclic) bond motifs is 2. The van der Waals surface area contributed by atoms with Gasteiger partial charge in [0.05, 0.1) is 18.5 Å². The number of hydrogen-bond donors (Lipinski definition) is 1. The SMILES string of the molecule is CCOC(=O)N1CCN(c2ncc3ncnc(Nc4ccc(Oc5ccn6ncnc6c5)c(C)c4F)c3n2)C[C@H]1C. The number of rotatable bonds is 6. The molecule has 6 rings (SSSR count). The van der Waals surface area contributed by atoms with Gasteiger partial charge in [0.15, 0.2) is 17.3 Å². The molecule has 1 N–H and O–H groups in total. The van der Waals surface area contributed by atoms with Gasteiger partial charge in [-0.15, -0.1) is 0 Å². The Kier molecular flexibility index (Phi) is 6.87. The lowest BCUT2D eigenvalue weighted by Crippen LogP contribution is -2.54. The number of carbonyl (C=O) groups is 1. The lowest BCUT2D eigenvalue weighted by atomic mass is 10.1. The third-order valence-corrected chi connectivity index (χ3v) is 6.85. The van der Waals surface area contributed by atoms with E-state index in [0.717, 1.165) is 0 Å². The summed E-state index contributed by atoms with van der Waals surface area (Å²) in [5.41, 5.74) is 2.09. The van der Waals surface area contributed by atoms with Gasteiger partial charge in [-0.25, -0.2) is 38.6 Å². The van der Waals surface area contributed by atoms with E-state index in [1.54, 1.807) is 59.9 Å². The number of benzene rings is 1. The lowest BCUT2D eigenvalue weighted by molar-refractivity contribution is 0.0889. The first kappa shape index (κ1) is 26.1. The molecule has 1 aliphatic heterocycles. The summed E-state index contributed by atoms with van der Waals surface area (Å²) in [5, 5.41) is 7.12. The second-order valence-corrected chi connectivity index (χ2v) is 9.52. The summed E-state index contributed by atoms with van der Waals surface area (Å²) in [4.78, 5) is 37.9. The van der Waals surface area contributed by atoms with Gasteiger partial charge in [-0.1, -0.05) is 0 Å². The average Bonchev–Trinajstić information content (AvgIpc) is 3.45. The summed E-state index contributed by atoms with van der Waals surface area (Å²) in [5.74, 6) is 1.19. The van der Waals surface area contributed by atoms with Crippen molar-refractivity contribution in [1.29, 1.82) is 0 Å². The predicted molar refractivity (Wildman–Crippen MR) is 148 cm³/mol. The largest absolute Gasteiger partial charge is 0.457 e. The van der Waals surface area contributed by atoms with E-state index in [4.69, 9.17) is 14.5 Å². The van der Waals surface area contributed by atoms with Crippen molar-refractivity contribution < 1.29 is 18.7 Å². The molecule has 5 heterocycles. The Balaban J connectivity index is 1.23. The Morgan fingerprint density at radius 3 is 2.85 bits per heavy atom. The number of nitrogens with zero attached hydrogens (tertiary/aromatic N) is 9. The van der Waals surface area contributed by atoms with Crippen LogP contribution in [0.25, 0.3) is 16.7 Å². The van der Waals surface area contributed by atoms with Crippen molar-refractivity contribution >= 4 is 40.2 Å². The predicted octanol–water partition coefficient (Wildman–Crippen LogP) is 4.11. The van der Waals surface area contributed by atoms with Crippen LogP contribution in [0.5, 0.6) is 11.5 Å². The molecule has 5 aromatic rings. The summed E-state index contributed by atoms with van der Waals surface area (Å²) in [6.45, 7) is 7.23. The van der Waals surface area contributed by atoms with Crippen LogP contribution in [0.2, 0.25) is 0 Å². The molecule has 13 nitrogen and oxygen atoms in total. The van der Waals surface area contributed by atoms with E-state index in [1.807, 2.05) is 11.8 Å². The Hall–Kier alpha value is -5.14. The molecule has 41 heavy (non-hydrogen) atoms. The number of aromatic nitrogens is 7. The number of nitrogens with one attached hydrogen (secondary N) is 1. The molecular formula is C27H27FN10O3. The number of ether oxygens (including phenoxy) is 2. The minimum atomic E-state index is -0.490. The summed E-state index contributed by atoms with van der Waals surface area (Å²) < 4.78 is 28.2. The molecule has 1 atom stereocenters. The number of piperazine rings is 1. The van der Waals surface area contributed by atoms with Gasteiger partial charge in [-0.2, -0.15) is 5.10 Å². The fourth-order valence-electron chi connectivity index (χ4n) is 4.69. The number of carbonyl (C=O) groups excluding carboxylic acids is 1. The van der Waals surface area contributed by atoms with E-state index >= 15 is 4.39 Å². The van der Waals surface area contributed by atoms with Crippen molar-refractivity contribution in [3.63, 3.8) is 0 Å². The van der Waals surface area contributed by atoms with Gasteiger partial charge >= 0.3 is 6.09 Å². The molecule has 0 unspecified atom stereocenters. The number of pyridine rings is 1. The average molecular weight is 559 g/mol. The maximum absolute atomic E-state index is 15.5. The van der Waals surface area contributed by atoms with E-state index in [0.29, 0.717) is 71.8 Å². The minimum Gasteiger partial charge on any atom is -0.457 e. The Morgan fingerprint density at radius 1 is 1.15 bits per heavy atom. The summed E-state index contributed by atoms with van der Waals surface area (Å²) in [6, 6.07) is 6.62. The van der Waals surface area contributed by atoms with Gasteiger partial charge in [0.1, 0.15) is 35.2 Å². The number of anilines is 3. The van der Waals surface area contributed by atoms with Crippen LogP contribution in [0.3, 0.4) is 0 Å². The molecule has 0 bridgehead atoms. The highest BCUT2D eigenvalue weighted by Crippen LogP contribution is 2.33. The summed E-state index contributed by atoms with van der Waals surface area (Å²) in [6.07, 6.45) is 5.82. The van der Waals surface area contributed by atoms with Crippen molar-refractivity contribution in [3.8, 4) is 11.5 Å². The molecule has 210 valence electrons. The van der Waals surface area contributed by atoms with Crippen LogP contribution in [0.4, 0.5) is 26.6 Å². The second-order valence-electron chi connectivity index (χ2n) is 9.52. The van der Waals surface area contributed by atoms with Crippen molar-refractivity contribution in [2.75, 3.05) is 36.5 Å². The van der Waals surface area contributed by atoms with Crippen molar-refractivity contribution in [2.45, 2.75) is 26.8 Å². The van der Waals surface area contributed by atoms with E-state index in [9.17, 15) is 4.79 Å². The van der Waals surface area contributed by atoms with Crippen molar-refractivity contribution in [2.24, 2.45) is 0 Å². The lowest BCUT2D eigenvalue weighted by Gasteiger charge is -2.39. The fourth-order valence-corrected chi connectivity index (χ4v) is 4.69. The molecule has 4 aromatic heterocycles. The maximum atomic E-state index is 15.5. The van der Waals surface area contributed by atoms with E-state index in [-0.39, 0.29) is 17.8 Å². The monoisotopic (exact) mass is 558 g/mol. The number of amides is 1. The Bertz CT molecular complexity index is 1750. The highest BCUT2D eigenvalue weighted by molar-refractivity contribution is 5.87. The molecule has 1 aromatic carbocycles. The molecular weight excluding hydrogens is 531 g/mol. The fraction of sp³-hybridized carbons (Fsp3) is 0.296. The zero-order valence-electron chi connectivity index (χ0n) is 22.7. The Morgan fingerprint density at radius 2 is 2.02 bits per heavy atom. The molecule has 1 aliphatic rings. The van der Waals surface area contributed by atoms with Crippen LogP contribution in [-0.2, 0) is 4.74 Å². The van der Waals surface area contributed by atoms with Gasteiger partial charge in [0.2, 0.25) is 5.95 Å². The first-order chi connectivity index (χ1) is 19.9. The second kappa shape index (κ2) is 10.8. The van der Waals surface area contributed by atoms with Crippen molar-refractivity contribution in [1.82, 2.24) is 39.4 Å². The quantitative estimate of drug-likeness (QED) is 0.322. The van der Waals surface area contributed by atoms with Gasteiger partial charge < -0.3 is 24.6 Å².